The van der Waals surface area contributed by atoms with Crippen molar-refractivity contribution in [3.05, 3.63) is 23.9 Å². The standard InChI is InChI=1S/C17H21F3N2O6/c1-15(2,3)28-13(25)12(24)16(9-23)14(26)22(7-8-27-16)11-6-4-5-10(21-11)17(18,19)20/h4-6,12,23-24H,7-9H2,1-3H3/t12-,16+/m0/s1. The van der Waals surface area contributed by atoms with E-state index < -0.39 is 47.7 Å². The van der Waals surface area contributed by atoms with Gasteiger partial charge < -0.3 is 19.7 Å². The summed E-state index contributed by atoms with van der Waals surface area (Å²) in [5, 5.41) is 20.1. The van der Waals surface area contributed by atoms with Crippen molar-refractivity contribution >= 4 is 17.7 Å². The van der Waals surface area contributed by atoms with Crippen molar-refractivity contribution in [3.63, 3.8) is 0 Å². The van der Waals surface area contributed by atoms with Crippen LogP contribution in [-0.2, 0) is 25.2 Å². The molecule has 0 radical (unpaired) electrons. The van der Waals surface area contributed by atoms with Crippen LogP contribution in [0.3, 0.4) is 0 Å². The van der Waals surface area contributed by atoms with Crippen molar-refractivity contribution < 1.29 is 42.4 Å². The molecule has 11 heteroatoms. The van der Waals surface area contributed by atoms with Gasteiger partial charge in [-0.25, -0.2) is 9.78 Å². The van der Waals surface area contributed by atoms with Gasteiger partial charge in [-0.15, -0.1) is 0 Å². The predicted octanol–water partition coefficient (Wildman–Crippen LogP) is 0.897. The topological polar surface area (TPSA) is 109 Å². The first-order valence-corrected chi connectivity index (χ1v) is 8.34. The summed E-state index contributed by atoms with van der Waals surface area (Å²) in [4.78, 5) is 29.3. The molecule has 156 valence electrons. The Morgan fingerprint density at radius 2 is 2.04 bits per heavy atom. The lowest BCUT2D eigenvalue weighted by molar-refractivity contribution is -0.200. The molecule has 1 amide bonds. The maximum Gasteiger partial charge on any atom is 0.433 e. The molecule has 2 heterocycles. The fourth-order valence-electron chi connectivity index (χ4n) is 2.60. The lowest BCUT2D eigenvalue weighted by Crippen LogP contribution is -2.67. The second kappa shape index (κ2) is 7.64. The number of nitrogens with zero attached hydrogens (tertiary/aromatic N) is 2. The van der Waals surface area contributed by atoms with Crippen LogP contribution < -0.4 is 4.90 Å². The van der Waals surface area contributed by atoms with Gasteiger partial charge in [0, 0.05) is 0 Å². The van der Waals surface area contributed by atoms with Crippen LogP contribution in [0.15, 0.2) is 18.2 Å². The number of ether oxygens (including phenoxy) is 2. The molecule has 1 fully saturated rings. The van der Waals surface area contributed by atoms with Gasteiger partial charge in [-0.3, -0.25) is 9.69 Å². The molecule has 0 unspecified atom stereocenters. The van der Waals surface area contributed by atoms with Gasteiger partial charge in [-0.2, -0.15) is 13.2 Å². The Labute approximate surface area is 158 Å². The fourth-order valence-corrected chi connectivity index (χ4v) is 2.60. The van der Waals surface area contributed by atoms with E-state index in [1.54, 1.807) is 0 Å². The van der Waals surface area contributed by atoms with Gasteiger partial charge in [0.1, 0.15) is 17.1 Å². The second-order valence-corrected chi connectivity index (χ2v) is 7.17. The molecule has 0 spiro atoms. The van der Waals surface area contributed by atoms with Crippen LogP contribution in [0.2, 0.25) is 0 Å². The number of hydrogen-bond donors (Lipinski definition) is 2. The number of halogens is 3. The van der Waals surface area contributed by atoms with E-state index in [4.69, 9.17) is 9.47 Å². The van der Waals surface area contributed by atoms with E-state index in [0.717, 1.165) is 17.0 Å². The Morgan fingerprint density at radius 3 is 2.57 bits per heavy atom. The number of amides is 1. The highest BCUT2D eigenvalue weighted by atomic mass is 19.4. The Kier molecular flexibility index (Phi) is 6.02. The average Bonchev–Trinajstić information content (AvgIpc) is 2.59. The van der Waals surface area contributed by atoms with Crippen molar-refractivity contribution in [1.82, 2.24) is 4.98 Å². The Morgan fingerprint density at radius 1 is 1.39 bits per heavy atom. The number of aliphatic hydroxyl groups excluding tert-OH is 2. The van der Waals surface area contributed by atoms with Gasteiger partial charge in [-0.1, -0.05) is 6.07 Å². The first kappa shape index (κ1) is 22.1. The Hall–Kier alpha value is -2.24. The van der Waals surface area contributed by atoms with E-state index in [1.165, 1.54) is 26.8 Å². The highest BCUT2D eigenvalue weighted by Crippen LogP contribution is 2.32. The maximum atomic E-state index is 12.9. The number of hydrogen-bond acceptors (Lipinski definition) is 7. The minimum Gasteiger partial charge on any atom is -0.458 e. The fraction of sp³-hybridized carbons (Fsp3) is 0.588. The number of alkyl halides is 3. The van der Waals surface area contributed by atoms with Crippen molar-refractivity contribution in [3.8, 4) is 0 Å². The number of carbonyl (C=O) groups is 2. The average molecular weight is 406 g/mol. The van der Waals surface area contributed by atoms with E-state index >= 15 is 0 Å². The first-order chi connectivity index (χ1) is 12.8. The third-order valence-corrected chi connectivity index (χ3v) is 3.89. The number of aromatic nitrogens is 1. The molecule has 1 aliphatic heterocycles. The number of pyridine rings is 1. The lowest BCUT2D eigenvalue weighted by Gasteiger charge is -2.42. The van der Waals surface area contributed by atoms with Gasteiger partial charge in [0.05, 0.1) is 19.8 Å². The summed E-state index contributed by atoms with van der Waals surface area (Å²) in [6, 6.07) is 2.97. The van der Waals surface area contributed by atoms with E-state index in [-0.39, 0.29) is 19.0 Å². The van der Waals surface area contributed by atoms with E-state index in [0.29, 0.717) is 0 Å². The van der Waals surface area contributed by atoms with Crippen LogP contribution in [-0.4, -0.2) is 64.1 Å². The molecule has 2 N–H and O–H groups in total. The summed E-state index contributed by atoms with van der Waals surface area (Å²) in [6.07, 6.45) is -6.92. The van der Waals surface area contributed by atoms with Crippen LogP contribution in [0.25, 0.3) is 0 Å². The number of esters is 1. The van der Waals surface area contributed by atoms with Gasteiger partial charge in [0.2, 0.25) is 5.60 Å². The van der Waals surface area contributed by atoms with Crippen molar-refractivity contribution in [1.29, 1.82) is 0 Å². The van der Waals surface area contributed by atoms with Crippen LogP contribution in [0, 0.1) is 0 Å². The van der Waals surface area contributed by atoms with Gasteiger partial charge in [0.15, 0.2) is 6.10 Å². The van der Waals surface area contributed by atoms with Crippen LogP contribution >= 0.6 is 0 Å². The smallest absolute Gasteiger partial charge is 0.433 e. The molecule has 2 atom stereocenters. The summed E-state index contributed by atoms with van der Waals surface area (Å²) in [7, 11) is 0. The van der Waals surface area contributed by atoms with Crippen LogP contribution in [0.5, 0.6) is 0 Å². The number of aliphatic hydroxyl groups is 2. The number of anilines is 1. The van der Waals surface area contributed by atoms with E-state index in [1.807, 2.05) is 0 Å². The second-order valence-electron chi connectivity index (χ2n) is 7.17. The molecule has 0 aliphatic carbocycles. The van der Waals surface area contributed by atoms with Gasteiger partial charge in [0.25, 0.3) is 5.91 Å². The summed E-state index contributed by atoms with van der Waals surface area (Å²) in [5.74, 6) is -2.67. The zero-order chi connectivity index (χ0) is 21.3. The Bertz CT molecular complexity index is 749. The molecule has 1 aromatic rings. The maximum absolute atomic E-state index is 12.9. The summed E-state index contributed by atoms with van der Waals surface area (Å²) in [5.41, 5.74) is -4.63. The minimum atomic E-state index is -4.73. The largest absolute Gasteiger partial charge is 0.458 e. The quantitative estimate of drug-likeness (QED) is 0.715. The number of rotatable bonds is 4. The molecule has 1 saturated heterocycles. The number of morpholine rings is 1. The van der Waals surface area contributed by atoms with Crippen LogP contribution in [0.1, 0.15) is 26.5 Å². The third kappa shape index (κ3) is 4.42. The molecular formula is C17H21F3N2O6. The molecule has 8 nitrogen and oxygen atoms in total. The molecule has 28 heavy (non-hydrogen) atoms. The van der Waals surface area contributed by atoms with Gasteiger partial charge in [-0.05, 0) is 32.9 Å². The monoisotopic (exact) mass is 406 g/mol. The van der Waals surface area contributed by atoms with Crippen molar-refractivity contribution in [2.75, 3.05) is 24.7 Å². The summed E-state index contributed by atoms with van der Waals surface area (Å²) >= 11 is 0. The summed E-state index contributed by atoms with van der Waals surface area (Å²) < 4.78 is 49.0. The molecule has 0 aromatic carbocycles. The SMILES string of the molecule is CC(C)(C)OC(=O)[C@H](O)[C@@]1(CO)OCCN(c2cccc(C(F)(F)F)n2)C1=O. The molecular weight excluding hydrogens is 385 g/mol. The molecule has 1 aliphatic rings. The predicted molar refractivity (Wildman–Crippen MR) is 89.2 cm³/mol. The van der Waals surface area contributed by atoms with Crippen molar-refractivity contribution in [2.24, 2.45) is 0 Å². The van der Waals surface area contributed by atoms with Crippen LogP contribution in [0.4, 0.5) is 19.0 Å². The molecule has 0 bridgehead atoms. The van der Waals surface area contributed by atoms with Gasteiger partial charge >= 0.3 is 12.1 Å². The number of carbonyl (C=O) groups excluding carboxylic acids is 2. The summed E-state index contributed by atoms with van der Waals surface area (Å²) in [6.45, 7) is 3.06. The first-order valence-electron chi connectivity index (χ1n) is 8.34. The van der Waals surface area contributed by atoms with Crippen molar-refractivity contribution in [2.45, 2.75) is 44.3 Å². The minimum absolute atomic E-state index is 0.185. The van der Waals surface area contributed by atoms with E-state index in [9.17, 15) is 33.0 Å². The lowest BCUT2D eigenvalue weighted by atomic mass is 9.93. The Balaban J connectivity index is 2.37. The highest BCUT2D eigenvalue weighted by molar-refractivity contribution is 6.03. The zero-order valence-corrected chi connectivity index (χ0v) is 15.5. The third-order valence-electron chi connectivity index (χ3n) is 3.89. The zero-order valence-electron chi connectivity index (χ0n) is 15.5. The molecule has 2 rings (SSSR count). The van der Waals surface area contributed by atoms with E-state index in [2.05, 4.69) is 4.98 Å². The molecule has 0 saturated carbocycles. The normalized spacial score (nSPS) is 22.1. The molecule has 1 aromatic heterocycles. The highest BCUT2D eigenvalue weighted by Gasteiger charge is 2.55.